The maximum atomic E-state index is 13.3. The zero-order valence-electron chi connectivity index (χ0n) is 22.0. The first kappa shape index (κ1) is 27.3. The highest BCUT2D eigenvalue weighted by atomic mass is 16.5. The van der Waals surface area contributed by atoms with Crippen molar-refractivity contribution in [2.24, 2.45) is 0 Å². The average Bonchev–Trinajstić information content (AvgIpc) is 2.87. The van der Waals surface area contributed by atoms with Gasteiger partial charge in [-0.15, -0.1) is 0 Å². The van der Waals surface area contributed by atoms with E-state index in [9.17, 15) is 14.4 Å². The first-order valence-electron chi connectivity index (χ1n) is 12.7. The summed E-state index contributed by atoms with van der Waals surface area (Å²) in [4.78, 5) is 44.6. The summed E-state index contributed by atoms with van der Waals surface area (Å²) in [5.41, 5.74) is 1.79. The maximum Gasteiger partial charge on any atom is 0.338 e. The van der Waals surface area contributed by atoms with Crippen LogP contribution in [0.4, 0.5) is 9.59 Å². The van der Waals surface area contributed by atoms with Crippen LogP contribution in [0.15, 0.2) is 35.5 Å². The molecule has 0 aliphatic carbocycles. The molecule has 0 aromatic heterocycles. The molecule has 0 saturated carbocycles. The topological polar surface area (TPSA) is 103 Å². The molecule has 10 heteroatoms. The summed E-state index contributed by atoms with van der Waals surface area (Å²) in [6.07, 6.45) is 0.883. The number of hydrogen-bond donors (Lipinski definition) is 2. The summed E-state index contributed by atoms with van der Waals surface area (Å²) in [5, 5.41) is 5.93. The third-order valence-electron chi connectivity index (χ3n) is 6.55. The Bertz CT molecular complexity index is 981. The Kier molecular flexibility index (Phi) is 9.58. The summed E-state index contributed by atoms with van der Waals surface area (Å²) in [6.45, 7) is 11.2. The molecule has 1 aromatic carbocycles. The Morgan fingerprint density at radius 3 is 2.61 bits per heavy atom. The van der Waals surface area contributed by atoms with Crippen LogP contribution >= 0.6 is 0 Å². The lowest BCUT2D eigenvalue weighted by molar-refractivity contribution is -0.139. The van der Waals surface area contributed by atoms with E-state index in [0.717, 1.165) is 12.0 Å². The predicted octanol–water partition coefficient (Wildman–Crippen LogP) is 2.72. The van der Waals surface area contributed by atoms with Gasteiger partial charge in [0.2, 0.25) is 0 Å². The molecule has 0 radical (unpaired) electrons. The van der Waals surface area contributed by atoms with Crippen molar-refractivity contribution in [3.63, 3.8) is 0 Å². The second kappa shape index (κ2) is 12.6. The minimum atomic E-state index is -0.664. The molecular weight excluding hydrogens is 462 g/mol. The number of methoxy groups -OCH3 is 1. The highest BCUT2D eigenvalue weighted by Gasteiger charge is 2.39. The van der Waals surface area contributed by atoms with Gasteiger partial charge in [0.25, 0.3) is 0 Å². The van der Waals surface area contributed by atoms with Gasteiger partial charge < -0.3 is 25.0 Å². The van der Waals surface area contributed by atoms with Crippen molar-refractivity contribution in [3.05, 3.63) is 41.1 Å². The number of ether oxygens (including phenoxy) is 2. The predicted molar refractivity (Wildman–Crippen MR) is 137 cm³/mol. The number of amides is 4. The Morgan fingerprint density at radius 1 is 1.19 bits per heavy atom. The van der Waals surface area contributed by atoms with Crippen LogP contribution < -0.4 is 15.4 Å². The number of nitrogens with one attached hydrogen (secondary N) is 2. The van der Waals surface area contributed by atoms with Crippen molar-refractivity contribution in [2.45, 2.75) is 46.2 Å². The second-order valence-corrected chi connectivity index (χ2v) is 8.99. The van der Waals surface area contributed by atoms with Crippen LogP contribution in [0.1, 0.15) is 45.7 Å². The smallest absolute Gasteiger partial charge is 0.338 e. The number of rotatable bonds is 9. The van der Waals surface area contributed by atoms with E-state index in [1.54, 1.807) is 18.9 Å². The van der Waals surface area contributed by atoms with E-state index in [2.05, 4.69) is 15.5 Å². The normalized spacial score (nSPS) is 20.8. The first-order valence-corrected chi connectivity index (χ1v) is 12.7. The van der Waals surface area contributed by atoms with Gasteiger partial charge in [0, 0.05) is 51.0 Å². The number of nitrogens with zero attached hydrogens (tertiary/aromatic N) is 3. The summed E-state index contributed by atoms with van der Waals surface area (Å²) in [5.74, 6) is 0.181. The van der Waals surface area contributed by atoms with E-state index >= 15 is 0 Å². The lowest BCUT2D eigenvalue weighted by Gasteiger charge is -2.42. The molecule has 1 fully saturated rings. The van der Waals surface area contributed by atoms with E-state index in [4.69, 9.17) is 9.47 Å². The van der Waals surface area contributed by atoms with Crippen LogP contribution in [-0.2, 0) is 9.53 Å². The van der Waals surface area contributed by atoms with Crippen LogP contribution in [0.2, 0.25) is 0 Å². The number of likely N-dealkylation sites (N-methyl/N-ethyl adjacent to an activating group) is 1. The fourth-order valence-electron chi connectivity index (χ4n) is 4.75. The molecule has 2 aliphatic rings. The zero-order valence-corrected chi connectivity index (χ0v) is 22.0. The van der Waals surface area contributed by atoms with Gasteiger partial charge in [-0.05, 0) is 44.9 Å². The summed E-state index contributed by atoms with van der Waals surface area (Å²) < 4.78 is 10.8. The standard InChI is InChI=1S/C26H39N5O5/c1-6-12-27-25(33)31-14-13-29(16-18(31)4)17-21-22(24(32)36-8-3)23(28-26(34)30(21)7-2)19-10-9-11-20(15-19)35-5/h9-11,15,18,23H,6-8,12-14,16-17H2,1-5H3,(H,27,33)(H,28,34). The lowest BCUT2D eigenvalue weighted by Crippen LogP contribution is -2.58. The minimum absolute atomic E-state index is 0.0103. The fourth-order valence-corrected chi connectivity index (χ4v) is 4.75. The molecule has 0 spiro atoms. The Balaban J connectivity index is 1.94. The van der Waals surface area contributed by atoms with Crippen LogP contribution in [0, 0.1) is 0 Å². The number of carbonyl (C=O) groups excluding carboxylic acids is 3. The lowest BCUT2D eigenvalue weighted by atomic mass is 9.93. The van der Waals surface area contributed by atoms with Crippen molar-refractivity contribution in [3.8, 4) is 5.75 Å². The molecule has 36 heavy (non-hydrogen) atoms. The van der Waals surface area contributed by atoms with E-state index in [1.165, 1.54) is 0 Å². The minimum Gasteiger partial charge on any atom is -0.497 e. The van der Waals surface area contributed by atoms with E-state index in [0.29, 0.717) is 56.3 Å². The van der Waals surface area contributed by atoms with Crippen molar-refractivity contribution < 1.29 is 23.9 Å². The molecule has 1 aromatic rings. The van der Waals surface area contributed by atoms with Crippen molar-refractivity contribution in [1.29, 1.82) is 0 Å². The summed E-state index contributed by atoms with van der Waals surface area (Å²) >= 11 is 0. The van der Waals surface area contributed by atoms with Crippen LogP contribution in [0.3, 0.4) is 0 Å². The highest BCUT2D eigenvalue weighted by Crippen LogP contribution is 2.33. The number of piperazine rings is 1. The first-order chi connectivity index (χ1) is 17.3. The summed E-state index contributed by atoms with van der Waals surface area (Å²) in [6, 6.07) is 6.34. The fraction of sp³-hybridized carbons (Fsp3) is 0.577. The van der Waals surface area contributed by atoms with Gasteiger partial charge in [0.05, 0.1) is 25.3 Å². The van der Waals surface area contributed by atoms with Gasteiger partial charge in [-0.2, -0.15) is 0 Å². The molecule has 2 heterocycles. The highest BCUT2D eigenvalue weighted by molar-refractivity contribution is 5.95. The van der Waals surface area contributed by atoms with Crippen LogP contribution in [-0.4, -0.2) is 91.8 Å². The Morgan fingerprint density at radius 2 is 1.97 bits per heavy atom. The quantitative estimate of drug-likeness (QED) is 0.505. The third-order valence-corrected chi connectivity index (χ3v) is 6.55. The third kappa shape index (κ3) is 6.10. The molecule has 3 rings (SSSR count). The van der Waals surface area contributed by atoms with Crippen molar-refractivity contribution in [1.82, 2.24) is 25.3 Å². The maximum absolute atomic E-state index is 13.3. The number of urea groups is 2. The van der Waals surface area contributed by atoms with E-state index < -0.39 is 12.0 Å². The van der Waals surface area contributed by atoms with Crippen LogP contribution in [0.25, 0.3) is 0 Å². The molecular formula is C26H39N5O5. The number of benzene rings is 1. The summed E-state index contributed by atoms with van der Waals surface area (Å²) in [7, 11) is 1.58. The van der Waals surface area contributed by atoms with Gasteiger partial charge in [0.1, 0.15) is 5.75 Å². The molecule has 198 valence electrons. The van der Waals surface area contributed by atoms with Crippen LogP contribution in [0.5, 0.6) is 5.75 Å². The zero-order chi connectivity index (χ0) is 26.2. The number of carbonyl (C=O) groups is 3. The molecule has 1 saturated heterocycles. The SMILES string of the molecule is CCCNC(=O)N1CCN(CC2=C(C(=O)OCC)C(c3cccc(OC)c3)NC(=O)N2CC)CC1C. The molecule has 2 atom stereocenters. The molecule has 10 nitrogen and oxygen atoms in total. The molecule has 2 N–H and O–H groups in total. The van der Waals surface area contributed by atoms with E-state index in [-0.39, 0.29) is 24.7 Å². The number of hydrogen-bond acceptors (Lipinski definition) is 6. The molecule has 2 aliphatic heterocycles. The largest absolute Gasteiger partial charge is 0.497 e. The molecule has 0 bridgehead atoms. The van der Waals surface area contributed by atoms with Gasteiger partial charge in [-0.3, -0.25) is 9.80 Å². The van der Waals surface area contributed by atoms with Gasteiger partial charge in [-0.1, -0.05) is 19.1 Å². The van der Waals surface area contributed by atoms with Gasteiger partial charge >= 0.3 is 18.0 Å². The average molecular weight is 502 g/mol. The molecule has 4 amide bonds. The van der Waals surface area contributed by atoms with Crippen molar-refractivity contribution >= 4 is 18.0 Å². The monoisotopic (exact) mass is 501 g/mol. The number of esters is 1. The van der Waals surface area contributed by atoms with E-state index in [1.807, 2.05) is 49.9 Å². The van der Waals surface area contributed by atoms with Crippen molar-refractivity contribution in [2.75, 3.05) is 53.0 Å². The van der Waals surface area contributed by atoms with Gasteiger partial charge in [0.15, 0.2) is 0 Å². The Hall–Kier alpha value is -3.27. The molecule has 2 unspecified atom stereocenters. The Labute approximate surface area is 213 Å². The van der Waals surface area contributed by atoms with Gasteiger partial charge in [-0.25, -0.2) is 14.4 Å². The second-order valence-electron chi connectivity index (χ2n) is 8.99.